The largest absolute Gasteiger partial charge is 0.353 e. The molecule has 0 bridgehead atoms. The van der Waals surface area contributed by atoms with Gasteiger partial charge in [-0.25, -0.2) is 8.78 Å². The van der Waals surface area contributed by atoms with Crippen LogP contribution in [0, 0.1) is 11.6 Å². The number of carbonyl (C=O) groups is 1. The lowest BCUT2D eigenvalue weighted by Gasteiger charge is -2.14. The molecule has 0 aromatic heterocycles. The molecule has 1 atom stereocenters. The van der Waals surface area contributed by atoms with Crippen molar-refractivity contribution in [3.63, 3.8) is 0 Å². The van der Waals surface area contributed by atoms with Crippen molar-refractivity contribution in [2.45, 2.75) is 38.6 Å². The molecule has 0 radical (unpaired) electrons. The molecule has 0 heterocycles. The van der Waals surface area contributed by atoms with Crippen LogP contribution in [0.2, 0.25) is 0 Å². The summed E-state index contributed by atoms with van der Waals surface area (Å²) in [6, 6.07) is 3.49. The fourth-order valence-corrected chi connectivity index (χ4v) is 2.21. The van der Waals surface area contributed by atoms with Crippen LogP contribution in [-0.4, -0.2) is 17.3 Å². The molecule has 0 fully saturated rings. The van der Waals surface area contributed by atoms with Crippen LogP contribution in [0.5, 0.6) is 0 Å². The average Bonchev–Trinajstić information content (AvgIpc) is 2.34. The van der Waals surface area contributed by atoms with Crippen molar-refractivity contribution >= 4 is 21.8 Å². The van der Waals surface area contributed by atoms with E-state index >= 15 is 0 Å². The quantitative estimate of drug-likeness (QED) is 0.599. The number of nitrogens with one attached hydrogen (secondary N) is 1. The Balaban J connectivity index is 2.46. The minimum absolute atomic E-state index is 0.0239. The van der Waals surface area contributed by atoms with Gasteiger partial charge in [-0.3, -0.25) is 4.79 Å². The highest BCUT2D eigenvalue weighted by Crippen LogP contribution is 2.14. The van der Waals surface area contributed by atoms with Crippen LogP contribution in [0.3, 0.4) is 0 Å². The Kier molecular flexibility index (Phi) is 6.99. The maximum atomic E-state index is 13.4. The fraction of sp³-hybridized carbons (Fsp3) is 0.500. The maximum Gasteiger partial charge on any atom is 0.220 e. The zero-order chi connectivity index (χ0) is 14.3. The van der Waals surface area contributed by atoms with Crippen molar-refractivity contribution in [1.29, 1.82) is 0 Å². The molecule has 1 N–H and O–H groups in total. The molecule has 1 rings (SSSR count). The monoisotopic (exact) mass is 333 g/mol. The maximum absolute atomic E-state index is 13.4. The van der Waals surface area contributed by atoms with Gasteiger partial charge in [-0.05, 0) is 38.3 Å². The van der Waals surface area contributed by atoms with Crippen molar-refractivity contribution < 1.29 is 13.6 Å². The van der Waals surface area contributed by atoms with Gasteiger partial charge in [0.1, 0.15) is 11.6 Å². The van der Waals surface area contributed by atoms with Gasteiger partial charge in [0, 0.05) is 23.4 Å². The summed E-state index contributed by atoms with van der Waals surface area (Å²) in [6.07, 6.45) is 2.33. The second kappa shape index (κ2) is 8.25. The minimum Gasteiger partial charge on any atom is -0.353 e. The highest BCUT2D eigenvalue weighted by molar-refractivity contribution is 9.09. The zero-order valence-electron chi connectivity index (χ0n) is 10.9. The lowest BCUT2D eigenvalue weighted by atomic mass is 10.1. The van der Waals surface area contributed by atoms with E-state index in [1.54, 1.807) is 6.92 Å². The molecule has 106 valence electrons. The molecule has 0 aliphatic heterocycles. The van der Waals surface area contributed by atoms with Crippen LogP contribution < -0.4 is 5.32 Å². The number of halogens is 3. The number of carbonyl (C=O) groups excluding carboxylic acids is 1. The number of hydrogen-bond acceptors (Lipinski definition) is 1. The first-order chi connectivity index (χ1) is 9.04. The first-order valence-electron chi connectivity index (χ1n) is 6.32. The zero-order valence-corrected chi connectivity index (χ0v) is 12.5. The third kappa shape index (κ3) is 5.68. The molecule has 0 saturated heterocycles. The molecule has 0 aliphatic rings. The van der Waals surface area contributed by atoms with E-state index in [-0.39, 0.29) is 23.9 Å². The van der Waals surface area contributed by atoms with Gasteiger partial charge in [0.25, 0.3) is 0 Å². The first kappa shape index (κ1) is 16.1. The van der Waals surface area contributed by atoms with Crippen LogP contribution in [0.25, 0.3) is 0 Å². The van der Waals surface area contributed by atoms with Crippen LogP contribution in [0.1, 0.15) is 31.7 Å². The SMILES string of the molecule is CC(Cc1c(F)cccc1F)NC(=O)CCCCBr. The summed E-state index contributed by atoms with van der Waals surface area (Å²) in [7, 11) is 0. The predicted molar refractivity (Wildman–Crippen MR) is 75.3 cm³/mol. The van der Waals surface area contributed by atoms with Crippen molar-refractivity contribution in [1.82, 2.24) is 5.32 Å². The van der Waals surface area contributed by atoms with Crippen molar-refractivity contribution in [3.8, 4) is 0 Å². The molecule has 5 heteroatoms. The summed E-state index contributed by atoms with van der Waals surface area (Å²) in [5.74, 6) is -1.22. The lowest BCUT2D eigenvalue weighted by molar-refractivity contribution is -0.121. The van der Waals surface area contributed by atoms with E-state index in [4.69, 9.17) is 0 Å². The molecular formula is C14H18BrF2NO. The Morgan fingerprint density at radius 1 is 1.32 bits per heavy atom. The Morgan fingerprint density at radius 2 is 1.95 bits per heavy atom. The molecule has 1 aromatic rings. The lowest BCUT2D eigenvalue weighted by Crippen LogP contribution is -2.34. The van der Waals surface area contributed by atoms with Gasteiger partial charge in [0.05, 0.1) is 0 Å². The molecule has 0 saturated carbocycles. The predicted octanol–water partition coefficient (Wildman–Crippen LogP) is 3.58. The Morgan fingerprint density at radius 3 is 2.53 bits per heavy atom. The Bertz CT molecular complexity index is 406. The van der Waals surface area contributed by atoms with E-state index < -0.39 is 11.6 Å². The van der Waals surface area contributed by atoms with Gasteiger partial charge in [-0.2, -0.15) is 0 Å². The standard InChI is InChI=1S/C14H18BrF2NO/c1-10(18-14(19)7-2-3-8-15)9-11-12(16)5-4-6-13(11)17/h4-6,10H,2-3,7-9H2,1H3,(H,18,19). The smallest absolute Gasteiger partial charge is 0.220 e. The number of amides is 1. The van der Waals surface area contributed by atoms with Gasteiger partial charge < -0.3 is 5.32 Å². The number of hydrogen-bond donors (Lipinski definition) is 1. The third-order valence-electron chi connectivity index (χ3n) is 2.77. The minimum atomic E-state index is -0.569. The van der Waals surface area contributed by atoms with Crippen LogP contribution in [0.4, 0.5) is 8.78 Å². The summed E-state index contributed by atoms with van der Waals surface area (Å²) in [4.78, 5) is 11.6. The second-order valence-corrected chi connectivity index (χ2v) is 5.31. The van der Waals surface area contributed by atoms with Gasteiger partial charge in [-0.1, -0.05) is 22.0 Å². The highest BCUT2D eigenvalue weighted by Gasteiger charge is 2.14. The number of alkyl halides is 1. The van der Waals surface area contributed by atoms with E-state index in [0.717, 1.165) is 18.2 Å². The molecule has 1 aromatic carbocycles. The van der Waals surface area contributed by atoms with Crippen molar-refractivity contribution in [3.05, 3.63) is 35.4 Å². The molecule has 2 nitrogen and oxygen atoms in total. The summed E-state index contributed by atoms with van der Waals surface area (Å²) >= 11 is 3.30. The van der Waals surface area contributed by atoms with Gasteiger partial charge in [0.15, 0.2) is 0 Å². The topological polar surface area (TPSA) is 29.1 Å². The van der Waals surface area contributed by atoms with E-state index in [9.17, 15) is 13.6 Å². The highest BCUT2D eigenvalue weighted by atomic mass is 79.9. The average molecular weight is 334 g/mol. The molecular weight excluding hydrogens is 316 g/mol. The summed E-state index contributed by atoms with van der Waals surface area (Å²) in [6.45, 7) is 1.74. The van der Waals surface area contributed by atoms with Crippen LogP contribution >= 0.6 is 15.9 Å². The van der Waals surface area contributed by atoms with Crippen LogP contribution in [0.15, 0.2) is 18.2 Å². The normalized spacial score (nSPS) is 12.2. The number of benzene rings is 1. The fourth-order valence-electron chi connectivity index (χ4n) is 1.81. The third-order valence-corrected chi connectivity index (χ3v) is 3.33. The van der Waals surface area contributed by atoms with E-state index in [0.29, 0.717) is 6.42 Å². The van der Waals surface area contributed by atoms with E-state index in [2.05, 4.69) is 21.2 Å². The number of rotatable bonds is 7. The number of unbranched alkanes of at least 4 members (excludes halogenated alkanes) is 1. The van der Waals surface area contributed by atoms with Gasteiger partial charge >= 0.3 is 0 Å². The molecule has 19 heavy (non-hydrogen) atoms. The molecule has 1 unspecified atom stereocenters. The first-order valence-corrected chi connectivity index (χ1v) is 7.45. The summed E-state index contributed by atoms with van der Waals surface area (Å²) < 4.78 is 26.9. The van der Waals surface area contributed by atoms with Crippen molar-refractivity contribution in [2.24, 2.45) is 0 Å². The summed E-state index contributed by atoms with van der Waals surface area (Å²) in [5.41, 5.74) is 0.0239. The molecule has 0 aliphatic carbocycles. The Hall–Kier alpha value is -0.970. The van der Waals surface area contributed by atoms with Crippen LogP contribution in [-0.2, 0) is 11.2 Å². The second-order valence-electron chi connectivity index (χ2n) is 4.52. The van der Waals surface area contributed by atoms with E-state index in [1.807, 2.05) is 0 Å². The molecule has 0 spiro atoms. The molecule has 1 amide bonds. The van der Waals surface area contributed by atoms with E-state index in [1.165, 1.54) is 18.2 Å². The van der Waals surface area contributed by atoms with Gasteiger partial charge in [0.2, 0.25) is 5.91 Å². The summed E-state index contributed by atoms with van der Waals surface area (Å²) in [5, 5.41) is 3.63. The van der Waals surface area contributed by atoms with Gasteiger partial charge in [-0.15, -0.1) is 0 Å². The Labute approximate surface area is 120 Å². The van der Waals surface area contributed by atoms with Crippen molar-refractivity contribution in [2.75, 3.05) is 5.33 Å².